The fraction of sp³-hybridized carbons (Fsp3) is 0.323. The summed E-state index contributed by atoms with van der Waals surface area (Å²) in [5.74, 6) is 0.772. The fourth-order valence-corrected chi connectivity index (χ4v) is 8.12. The first-order valence-corrected chi connectivity index (χ1v) is 16.4. The Hall–Kier alpha value is -2.71. The molecular weight excluding hydrogens is 577 g/mol. The molecule has 1 aromatic heterocycles. The van der Waals surface area contributed by atoms with Gasteiger partial charge in [0.2, 0.25) is 0 Å². The topological polar surface area (TPSA) is 74.6 Å². The number of fused-ring (bicyclic) bond motifs is 2. The van der Waals surface area contributed by atoms with E-state index in [9.17, 15) is 9.67 Å². The van der Waals surface area contributed by atoms with Crippen LogP contribution in [0.4, 0.5) is 0 Å². The first-order chi connectivity index (χ1) is 19.9. The van der Waals surface area contributed by atoms with E-state index < -0.39 is 7.75 Å². The highest BCUT2D eigenvalue weighted by Crippen LogP contribution is 2.50. The Balaban J connectivity index is 1.47. The lowest BCUT2D eigenvalue weighted by Crippen LogP contribution is -2.40. The minimum absolute atomic E-state index is 0.194. The molecule has 3 aromatic carbocycles. The van der Waals surface area contributed by atoms with Crippen LogP contribution in [0, 0.1) is 0 Å². The standard InChI is InChI=1S/C31H33ClN3O4PS/c1-38-40(37,39-2)33-29-17-23-13-14-24(36)18-26(23)31(22-11-9-21(10-12-22)19-34-15-5-6-16-34)35(29)20-28-30(32)25-7-3-4-8-27(25)41-28/h3-4,7-14,18,31,36H,5-6,15-17,19-20H2,1-2H3/b33-29-. The molecule has 0 saturated carbocycles. The Bertz CT molecular complexity index is 1630. The molecular formula is C31H33ClN3O4PS. The third-order valence-electron chi connectivity index (χ3n) is 7.93. The van der Waals surface area contributed by atoms with E-state index in [1.165, 1.54) is 32.6 Å². The maximum Gasteiger partial charge on any atom is 0.454 e. The minimum atomic E-state index is -3.73. The zero-order valence-corrected chi connectivity index (χ0v) is 25.6. The van der Waals surface area contributed by atoms with E-state index in [1.54, 1.807) is 17.4 Å². The van der Waals surface area contributed by atoms with Crippen molar-refractivity contribution in [3.8, 4) is 5.75 Å². The molecule has 1 N–H and O–H groups in total. The predicted octanol–water partition coefficient (Wildman–Crippen LogP) is 7.80. The number of thiophene rings is 1. The second kappa shape index (κ2) is 11.9. The second-order valence-corrected chi connectivity index (χ2v) is 13.9. The second-order valence-electron chi connectivity index (χ2n) is 10.5. The van der Waals surface area contributed by atoms with Crippen molar-refractivity contribution in [1.82, 2.24) is 9.80 Å². The number of rotatable bonds is 8. The normalized spacial score (nSPS) is 18.9. The number of hydrogen-bond acceptors (Lipinski definition) is 6. The molecule has 2 aliphatic rings. The smallest absolute Gasteiger partial charge is 0.454 e. The Morgan fingerprint density at radius 3 is 2.46 bits per heavy atom. The molecule has 6 rings (SSSR count). The molecule has 0 radical (unpaired) electrons. The minimum Gasteiger partial charge on any atom is -0.508 e. The van der Waals surface area contributed by atoms with Crippen LogP contribution in [0.3, 0.4) is 0 Å². The number of nitrogens with zero attached hydrogens (tertiary/aromatic N) is 3. The number of benzene rings is 3. The van der Waals surface area contributed by atoms with Gasteiger partial charge in [-0.25, -0.2) is 4.57 Å². The number of hydrogen-bond donors (Lipinski definition) is 1. The van der Waals surface area contributed by atoms with Gasteiger partial charge in [-0.05, 0) is 66.4 Å². The van der Waals surface area contributed by atoms with Crippen LogP contribution in [-0.4, -0.2) is 48.1 Å². The summed E-state index contributed by atoms with van der Waals surface area (Å²) in [6.45, 7) is 3.64. The number of aromatic hydroxyl groups is 1. The number of phenolic OH excluding ortho intramolecular Hbond substituents is 1. The van der Waals surface area contributed by atoms with Crippen molar-refractivity contribution in [3.63, 3.8) is 0 Å². The first-order valence-electron chi connectivity index (χ1n) is 13.7. The summed E-state index contributed by atoms with van der Waals surface area (Å²) in [6, 6.07) is 21.8. The quantitative estimate of drug-likeness (QED) is 0.205. The van der Waals surface area contributed by atoms with Crippen LogP contribution in [0.1, 0.15) is 46.0 Å². The van der Waals surface area contributed by atoms with Gasteiger partial charge < -0.3 is 10.0 Å². The van der Waals surface area contributed by atoms with E-state index in [4.69, 9.17) is 20.6 Å². The van der Waals surface area contributed by atoms with E-state index in [0.29, 0.717) is 23.8 Å². The molecule has 1 unspecified atom stereocenters. The summed E-state index contributed by atoms with van der Waals surface area (Å²) in [5, 5.41) is 12.2. The van der Waals surface area contributed by atoms with E-state index >= 15 is 0 Å². The van der Waals surface area contributed by atoms with Gasteiger partial charge in [0.1, 0.15) is 11.6 Å². The van der Waals surface area contributed by atoms with Gasteiger partial charge in [0.05, 0.1) is 17.6 Å². The highest BCUT2D eigenvalue weighted by atomic mass is 35.5. The van der Waals surface area contributed by atoms with E-state index in [1.807, 2.05) is 30.3 Å². The summed E-state index contributed by atoms with van der Waals surface area (Å²) in [6.07, 6.45) is 2.91. The molecule has 3 heterocycles. The summed E-state index contributed by atoms with van der Waals surface area (Å²) in [4.78, 5) is 5.58. The highest BCUT2D eigenvalue weighted by molar-refractivity contribution is 7.52. The summed E-state index contributed by atoms with van der Waals surface area (Å²) < 4.78 is 29.5. The number of halogens is 1. The van der Waals surface area contributed by atoms with Crippen LogP contribution in [0.2, 0.25) is 5.02 Å². The Morgan fingerprint density at radius 2 is 1.76 bits per heavy atom. The Labute approximate surface area is 249 Å². The van der Waals surface area contributed by atoms with Gasteiger partial charge in [-0.3, -0.25) is 13.9 Å². The molecule has 1 fully saturated rings. The Morgan fingerprint density at radius 1 is 1.02 bits per heavy atom. The van der Waals surface area contributed by atoms with E-state index in [2.05, 4.69) is 44.9 Å². The molecule has 0 amide bonds. The van der Waals surface area contributed by atoms with Crippen molar-refractivity contribution in [2.24, 2.45) is 4.76 Å². The fourth-order valence-electron chi connectivity index (χ4n) is 5.84. The van der Waals surface area contributed by atoms with Gasteiger partial charge in [-0.2, -0.15) is 4.76 Å². The number of phenols is 1. The van der Waals surface area contributed by atoms with Gasteiger partial charge in [-0.15, -0.1) is 11.3 Å². The van der Waals surface area contributed by atoms with Crippen molar-refractivity contribution in [1.29, 1.82) is 0 Å². The van der Waals surface area contributed by atoms with Crippen molar-refractivity contribution in [3.05, 3.63) is 98.9 Å². The molecule has 7 nitrogen and oxygen atoms in total. The molecule has 4 aromatic rings. The van der Waals surface area contributed by atoms with Crippen molar-refractivity contribution in [2.45, 2.75) is 38.4 Å². The maximum absolute atomic E-state index is 13.3. The summed E-state index contributed by atoms with van der Waals surface area (Å²) >= 11 is 8.56. The molecule has 0 spiro atoms. The largest absolute Gasteiger partial charge is 0.508 e. The molecule has 41 heavy (non-hydrogen) atoms. The van der Waals surface area contributed by atoms with Gasteiger partial charge in [0.25, 0.3) is 0 Å². The molecule has 0 bridgehead atoms. The highest BCUT2D eigenvalue weighted by Gasteiger charge is 2.36. The molecule has 1 atom stereocenters. The molecule has 10 heteroatoms. The summed E-state index contributed by atoms with van der Waals surface area (Å²) in [5.41, 5.74) is 4.26. The lowest BCUT2D eigenvalue weighted by molar-refractivity contribution is 0.274. The van der Waals surface area contributed by atoms with Gasteiger partial charge in [0, 0.05) is 42.1 Å². The van der Waals surface area contributed by atoms with Crippen molar-refractivity contribution in [2.75, 3.05) is 27.3 Å². The van der Waals surface area contributed by atoms with Crippen molar-refractivity contribution >= 4 is 46.6 Å². The first kappa shape index (κ1) is 28.4. The van der Waals surface area contributed by atoms with Gasteiger partial charge >= 0.3 is 7.75 Å². The maximum atomic E-state index is 13.3. The van der Waals surface area contributed by atoms with Crippen LogP contribution < -0.4 is 0 Å². The third-order valence-corrected chi connectivity index (χ3v) is 11.0. The monoisotopic (exact) mass is 609 g/mol. The van der Waals surface area contributed by atoms with Crippen LogP contribution >= 0.6 is 30.7 Å². The lowest BCUT2D eigenvalue weighted by atomic mass is 9.87. The molecule has 2 aliphatic heterocycles. The Kier molecular flexibility index (Phi) is 8.23. The summed E-state index contributed by atoms with van der Waals surface area (Å²) in [7, 11) is -1.05. The van der Waals surface area contributed by atoms with Crippen molar-refractivity contribution < 1.29 is 18.7 Å². The number of likely N-dealkylation sites (tertiary alicyclic amines) is 1. The predicted molar refractivity (Wildman–Crippen MR) is 166 cm³/mol. The van der Waals surface area contributed by atoms with Crippen LogP contribution in [0.15, 0.2) is 71.5 Å². The van der Waals surface area contributed by atoms with E-state index in [0.717, 1.165) is 51.3 Å². The average Bonchev–Trinajstić information content (AvgIpc) is 3.61. The average molecular weight is 610 g/mol. The van der Waals surface area contributed by atoms with Crippen LogP contribution in [-0.2, 0) is 33.1 Å². The lowest BCUT2D eigenvalue weighted by Gasteiger charge is -2.40. The zero-order chi connectivity index (χ0) is 28.6. The van der Waals surface area contributed by atoms with Gasteiger partial charge in [-0.1, -0.05) is 60.1 Å². The molecule has 214 valence electrons. The van der Waals surface area contributed by atoms with Gasteiger partial charge in [0.15, 0.2) is 0 Å². The molecule has 0 aliphatic carbocycles. The van der Waals surface area contributed by atoms with Crippen LogP contribution in [0.5, 0.6) is 5.75 Å². The van der Waals surface area contributed by atoms with Crippen LogP contribution in [0.25, 0.3) is 10.1 Å². The zero-order valence-electron chi connectivity index (χ0n) is 23.1. The number of amidine groups is 1. The third kappa shape index (κ3) is 5.82. The van der Waals surface area contributed by atoms with E-state index in [-0.39, 0.29) is 11.8 Å². The molecule has 1 saturated heterocycles. The SMILES string of the molecule is COP(=O)(/N=C1/Cc2ccc(O)cc2C(c2ccc(CN3CCCC3)cc2)N1Cc1sc2ccccc2c1Cl)OC.